The molecule has 1 aliphatic heterocycles. The van der Waals surface area contributed by atoms with E-state index in [4.69, 9.17) is 14.2 Å². The van der Waals surface area contributed by atoms with Gasteiger partial charge >= 0.3 is 18.1 Å². The molecule has 144 valence electrons. The molecule has 2 atom stereocenters. The van der Waals surface area contributed by atoms with E-state index < -0.39 is 29.5 Å². The first-order valence-corrected chi connectivity index (χ1v) is 8.54. The van der Waals surface area contributed by atoms with Crippen LogP contribution in [0.5, 0.6) is 5.75 Å². The quantitative estimate of drug-likeness (QED) is 0.766. The lowest BCUT2D eigenvalue weighted by Gasteiger charge is -2.34. The van der Waals surface area contributed by atoms with Crippen LogP contribution in [0.25, 0.3) is 0 Å². The number of ketones is 1. The summed E-state index contributed by atoms with van der Waals surface area (Å²) in [4.78, 5) is 36.5. The molecule has 0 bridgehead atoms. The zero-order valence-electron chi connectivity index (χ0n) is 15.0. The minimum absolute atomic E-state index is 0.0728. The molecule has 0 radical (unpaired) electrons. The average Bonchev–Trinajstić information content (AvgIpc) is 2.99. The van der Waals surface area contributed by atoms with Crippen LogP contribution in [0.4, 0.5) is 9.59 Å². The standard InChI is InChI=1S/C20H16O8/c1-10(2)11-7-8-14-15(9-11)26-20(28-18(24)25)13-6-4-3-5-12(13)16(21)19(14,20)27-17(22)23/h3-10H,1-2H3,(H,22,23)(H,24,25). The maximum atomic E-state index is 13.4. The molecule has 8 heteroatoms. The van der Waals surface area contributed by atoms with Gasteiger partial charge in [0.25, 0.3) is 5.60 Å². The molecule has 2 aromatic rings. The predicted molar refractivity (Wildman–Crippen MR) is 93.5 cm³/mol. The maximum absolute atomic E-state index is 13.4. The second-order valence-electron chi connectivity index (χ2n) is 6.92. The fraction of sp³-hybridized carbons (Fsp3) is 0.250. The Labute approximate surface area is 159 Å². The van der Waals surface area contributed by atoms with Gasteiger partial charge in [-0.05, 0) is 17.5 Å². The van der Waals surface area contributed by atoms with E-state index in [0.717, 1.165) is 5.56 Å². The highest BCUT2D eigenvalue weighted by Crippen LogP contribution is 2.62. The van der Waals surface area contributed by atoms with Crippen LogP contribution >= 0.6 is 0 Å². The van der Waals surface area contributed by atoms with Gasteiger partial charge in [-0.2, -0.15) is 0 Å². The molecule has 2 aliphatic rings. The molecule has 8 nitrogen and oxygen atoms in total. The summed E-state index contributed by atoms with van der Waals surface area (Å²) < 4.78 is 16.1. The van der Waals surface area contributed by atoms with Gasteiger partial charge in [-0.3, -0.25) is 4.79 Å². The highest BCUT2D eigenvalue weighted by molar-refractivity contribution is 6.10. The Hall–Kier alpha value is -3.55. The van der Waals surface area contributed by atoms with Crippen LogP contribution in [0.2, 0.25) is 0 Å². The number of carbonyl (C=O) groups excluding carboxylic acids is 1. The molecule has 0 spiro atoms. The molecule has 2 N–H and O–H groups in total. The maximum Gasteiger partial charge on any atom is 0.509 e. The van der Waals surface area contributed by atoms with Crippen molar-refractivity contribution >= 4 is 18.1 Å². The van der Waals surface area contributed by atoms with Gasteiger partial charge < -0.3 is 24.4 Å². The molecule has 0 saturated carbocycles. The largest absolute Gasteiger partial charge is 0.509 e. The Morgan fingerprint density at radius 2 is 1.68 bits per heavy atom. The molecular formula is C20H16O8. The summed E-state index contributed by atoms with van der Waals surface area (Å²) in [7, 11) is 0. The summed E-state index contributed by atoms with van der Waals surface area (Å²) in [5.41, 5.74) is -1.21. The number of carbonyl (C=O) groups is 3. The summed E-state index contributed by atoms with van der Waals surface area (Å²) in [6, 6.07) is 10.9. The lowest BCUT2D eigenvalue weighted by atomic mass is 9.85. The van der Waals surface area contributed by atoms with Gasteiger partial charge in [-0.15, -0.1) is 0 Å². The first-order chi connectivity index (χ1) is 13.2. The number of carboxylic acid groups (broad SMARTS) is 2. The number of rotatable bonds is 3. The van der Waals surface area contributed by atoms with Crippen LogP contribution in [-0.2, 0) is 20.9 Å². The van der Waals surface area contributed by atoms with Crippen LogP contribution in [0, 0.1) is 0 Å². The number of fused-ring (bicyclic) bond motifs is 5. The van der Waals surface area contributed by atoms with Crippen molar-refractivity contribution in [3.63, 3.8) is 0 Å². The first kappa shape index (κ1) is 17.8. The van der Waals surface area contributed by atoms with Gasteiger partial charge in [-0.25, -0.2) is 9.59 Å². The van der Waals surface area contributed by atoms with E-state index in [1.54, 1.807) is 24.3 Å². The van der Waals surface area contributed by atoms with Crippen molar-refractivity contribution in [1.29, 1.82) is 0 Å². The third-order valence-corrected chi connectivity index (χ3v) is 5.09. The van der Waals surface area contributed by atoms with Crippen molar-refractivity contribution in [3.05, 3.63) is 64.7 Å². The molecule has 28 heavy (non-hydrogen) atoms. The topological polar surface area (TPSA) is 119 Å². The minimum atomic E-state index is -2.33. The summed E-state index contributed by atoms with van der Waals surface area (Å²) in [6.07, 6.45) is -3.50. The Balaban J connectivity index is 2.06. The normalized spacial score (nSPS) is 24.2. The molecule has 2 unspecified atom stereocenters. The number of Topliss-reactive ketones (excluding diaryl/α,β-unsaturated/α-hetero) is 1. The summed E-state index contributed by atoms with van der Waals surface area (Å²) in [5, 5.41) is 18.8. The van der Waals surface area contributed by atoms with Crippen LogP contribution < -0.4 is 4.74 Å². The van der Waals surface area contributed by atoms with E-state index in [-0.39, 0.29) is 28.4 Å². The second-order valence-corrected chi connectivity index (χ2v) is 6.92. The van der Waals surface area contributed by atoms with Crippen molar-refractivity contribution in [1.82, 2.24) is 0 Å². The van der Waals surface area contributed by atoms with Crippen LogP contribution in [0.15, 0.2) is 42.5 Å². The number of hydrogen-bond acceptors (Lipinski definition) is 6. The van der Waals surface area contributed by atoms with Gasteiger partial charge in [0.05, 0.1) is 11.1 Å². The monoisotopic (exact) mass is 384 g/mol. The Morgan fingerprint density at radius 3 is 2.32 bits per heavy atom. The van der Waals surface area contributed by atoms with Gasteiger partial charge in [-0.1, -0.05) is 50.2 Å². The van der Waals surface area contributed by atoms with Crippen molar-refractivity contribution in [2.75, 3.05) is 0 Å². The van der Waals surface area contributed by atoms with E-state index in [2.05, 4.69) is 0 Å². The van der Waals surface area contributed by atoms with Gasteiger partial charge in [0.1, 0.15) is 5.75 Å². The number of hydrogen-bond donors (Lipinski definition) is 2. The number of ether oxygens (including phenoxy) is 3. The highest BCUT2D eigenvalue weighted by Gasteiger charge is 2.77. The second kappa shape index (κ2) is 5.72. The smallest absolute Gasteiger partial charge is 0.450 e. The summed E-state index contributed by atoms with van der Waals surface area (Å²) in [6.45, 7) is 3.90. The third kappa shape index (κ3) is 2.08. The van der Waals surface area contributed by atoms with E-state index in [0.29, 0.717) is 0 Å². The molecule has 0 fully saturated rings. The highest BCUT2D eigenvalue weighted by atomic mass is 16.8. The zero-order valence-corrected chi connectivity index (χ0v) is 15.0. The summed E-state index contributed by atoms with van der Waals surface area (Å²) in [5.74, 6) is -2.80. The lowest BCUT2D eigenvalue weighted by Crippen LogP contribution is -2.54. The predicted octanol–water partition coefficient (Wildman–Crippen LogP) is 3.84. The average molecular weight is 384 g/mol. The van der Waals surface area contributed by atoms with Crippen molar-refractivity contribution in [2.24, 2.45) is 0 Å². The molecule has 2 aromatic carbocycles. The zero-order chi connectivity index (χ0) is 20.3. The molecular weight excluding hydrogens is 368 g/mol. The molecule has 0 saturated heterocycles. The Morgan fingerprint density at radius 1 is 1.00 bits per heavy atom. The van der Waals surface area contributed by atoms with Crippen LogP contribution in [0.1, 0.15) is 46.8 Å². The van der Waals surface area contributed by atoms with Crippen LogP contribution in [-0.4, -0.2) is 28.3 Å². The van der Waals surface area contributed by atoms with Gasteiger partial charge in [0.2, 0.25) is 5.78 Å². The van der Waals surface area contributed by atoms with Crippen molar-refractivity contribution in [3.8, 4) is 5.75 Å². The van der Waals surface area contributed by atoms with Gasteiger partial charge in [0, 0.05) is 5.56 Å². The third-order valence-electron chi connectivity index (χ3n) is 5.09. The molecule has 1 aliphatic carbocycles. The molecule has 0 amide bonds. The summed E-state index contributed by atoms with van der Waals surface area (Å²) >= 11 is 0. The van der Waals surface area contributed by atoms with Gasteiger partial charge in [0.15, 0.2) is 0 Å². The van der Waals surface area contributed by atoms with E-state index >= 15 is 0 Å². The van der Waals surface area contributed by atoms with E-state index in [1.165, 1.54) is 18.2 Å². The molecule has 4 rings (SSSR count). The van der Waals surface area contributed by atoms with E-state index in [1.807, 2.05) is 13.8 Å². The molecule has 1 heterocycles. The fourth-order valence-corrected chi connectivity index (χ4v) is 3.92. The number of benzene rings is 2. The van der Waals surface area contributed by atoms with E-state index in [9.17, 15) is 24.6 Å². The van der Waals surface area contributed by atoms with Crippen molar-refractivity contribution < 1.29 is 38.8 Å². The van der Waals surface area contributed by atoms with Crippen LogP contribution in [0.3, 0.4) is 0 Å². The van der Waals surface area contributed by atoms with Crippen molar-refractivity contribution in [2.45, 2.75) is 31.2 Å². The Kier molecular flexibility index (Phi) is 3.65. The fourth-order valence-electron chi connectivity index (χ4n) is 3.92. The lowest BCUT2D eigenvalue weighted by molar-refractivity contribution is -0.233. The SMILES string of the molecule is CC(C)c1ccc2c(c1)OC1(OC(=O)O)c3ccccc3C(=O)C21OC(=O)O. The molecule has 0 aromatic heterocycles. The Bertz CT molecular complexity index is 1030. The minimum Gasteiger partial charge on any atom is -0.450 e. The first-order valence-electron chi connectivity index (χ1n) is 8.54.